The molecule has 0 saturated heterocycles. The third kappa shape index (κ3) is 4.73. The number of hydrogen-bond donors (Lipinski definition) is 2. The van der Waals surface area contributed by atoms with E-state index < -0.39 is 0 Å². The number of nitrogens with one attached hydrogen (secondary N) is 2. The molecular weight excluding hydrogens is 298 g/mol. The van der Waals surface area contributed by atoms with Crippen LogP contribution in [0.3, 0.4) is 0 Å². The Morgan fingerprint density at radius 3 is 2.68 bits per heavy atom. The minimum Gasteiger partial charge on any atom is -0.349 e. The molecule has 1 atom stereocenters. The molecule has 0 radical (unpaired) electrons. The first kappa shape index (κ1) is 16.3. The average Bonchev–Trinajstić information content (AvgIpc) is 2.52. The second-order valence-electron chi connectivity index (χ2n) is 4.97. The molecule has 2 N–H and O–H groups in total. The molecule has 0 fully saturated rings. The monoisotopic (exact) mass is 317 g/mol. The van der Waals surface area contributed by atoms with Gasteiger partial charge in [-0.15, -0.1) is 0 Å². The van der Waals surface area contributed by atoms with Gasteiger partial charge in [0.25, 0.3) is 5.56 Å². The van der Waals surface area contributed by atoms with Crippen molar-refractivity contribution in [3.8, 4) is 0 Å². The fraction of sp³-hybridized carbons (Fsp3) is 0.312. The van der Waals surface area contributed by atoms with Crippen LogP contribution in [0.5, 0.6) is 0 Å². The lowest BCUT2D eigenvalue weighted by Gasteiger charge is -2.17. The maximum Gasteiger partial charge on any atom is 0.251 e. The minimum atomic E-state index is -0.219. The van der Waals surface area contributed by atoms with E-state index in [2.05, 4.69) is 15.3 Å². The van der Waals surface area contributed by atoms with Gasteiger partial charge in [0.2, 0.25) is 5.91 Å². The first-order valence-corrected chi connectivity index (χ1v) is 8.11. The van der Waals surface area contributed by atoms with Crippen molar-refractivity contribution in [2.75, 3.05) is 5.75 Å². The van der Waals surface area contributed by atoms with Crippen LogP contribution in [0.2, 0.25) is 0 Å². The van der Waals surface area contributed by atoms with E-state index in [-0.39, 0.29) is 23.3 Å². The molecule has 1 aromatic carbocycles. The molecule has 0 saturated carbocycles. The van der Waals surface area contributed by atoms with Gasteiger partial charge in [0.05, 0.1) is 11.8 Å². The van der Waals surface area contributed by atoms with Crippen molar-refractivity contribution in [3.63, 3.8) is 0 Å². The van der Waals surface area contributed by atoms with Gasteiger partial charge in [0, 0.05) is 12.3 Å². The lowest BCUT2D eigenvalue weighted by Crippen LogP contribution is -2.29. The summed E-state index contributed by atoms with van der Waals surface area (Å²) in [5, 5.41) is 3.46. The number of aryl methyl sites for hydroxylation is 1. The Morgan fingerprint density at radius 1 is 1.32 bits per heavy atom. The number of thioether (sulfide) groups is 1. The van der Waals surface area contributed by atoms with Crippen LogP contribution in [0.1, 0.15) is 30.5 Å². The third-order valence-corrected chi connectivity index (χ3v) is 4.10. The lowest BCUT2D eigenvalue weighted by molar-refractivity contribution is -0.119. The van der Waals surface area contributed by atoms with Gasteiger partial charge in [-0.2, -0.15) is 0 Å². The lowest BCUT2D eigenvalue weighted by atomic mass is 10.0. The fourth-order valence-corrected chi connectivity index (χ4v) is 2.67. The first-order valence-electron chi connectivity index (χ1n) is 7.12. The van der Waals surface area contributed by atoms with Crippen molar-refractivity contribution in [1.29, 1.82) is 0 Å². The molecule has 1 amide bonds. The summed E-state index contributed by atoms with van der Waals surface area (Å²) in [6.07, 6.45) is 2.25. The van der Waals surface area contributed by atoms with Gasteiger partial charge in [-0.3, -0.25) is 9.59 Å². The Kier molecular flexibility index (Phi) is 5.77. The van der Waals surface area contributed by atoms with E-state index in [4.69, 9.17) is 0 Å². The highest BCUT2D eigenvalue weighted by Gasteiger charge is 2.13. The molecule has 0 aliphatic carbocycles. The van der Waals surface area contributed by atoms with E-state index in [1.807, 2.05) is 38.1 Å². The normalized spacial score (nSPS) is 11.9. The summed E-state index contributed by atoms with van der Waals surface area (Å²) in [5.74, 6) is 0.138. The summed E-state index contributed by atoms with van der Waals surface area (Å²) >= 11 is 1.21. The number of amides is 1. The van der Waals surface area contributed by atoms with E-state index in [1.165, 1.54) is 29.6 Å². The van der Waals surface area contributed by atoms with Gasteiger partial charge in [-0.25, -0.2) is 4.98 Å². The number of rotatable bonds is 6. The quantitative estimate of drug-likeness (QED) is 0.634. The Morgan fingerprint density at radius 2 is 2.05 bits per heavy atom. The molecule has 1 heterocycles. The average molecular weight is 317 g/mol. The molecule has 22 heavy (non-hydrogen) atoms. The van der Waals surface area contributed by atoms with Gasteiger partial charge in [-0.05, 0) is 18.9 Å². The van der Waals surface area contributed by atoms with Gasteiger partial charge in [0.15, 0.2) is 5.16 Å². The molecule has 2 rings (SSSR count). The number of carbonyl (C=O) groups excluding carboxylic acids is 1. The predicted molar refractivity (Wildman–Crippen MR) is 87.9 cm³/mol. The molecule has 0 aliphatic rings. The molecule has 5 nitrogen and oxygen atoms in total. The van der Waals surface area contributed by atoms with E-state index >= 15 is 0 Å². The predicted octanol–water partition coefficient (Wildman–Crippen LogP) is 2.44. The fourth-order valence-electron chi connectivity index (χ4n) is 2.02. The van der Waals surface area contributed by atoms with E-state index in [0.29, 0.717) is 5.16 Å². The van der Waals surface area contributed by atoms with Crippen LogP contribution in [0.15, 0.2) is 46.5 Å². The highest BCUT2D eigenvalue weighted by molar-refractivity contribution is 7.99. The SMILES string of the molecule is CC[C@@H](NC(=O)CSc1nccc(=O)[nH]1)c1ccc(C)cc1. The zero-order chi connectivity index (χ0) is 15.9. The van der Waals surface area contributed by atoms with Gasteiger partial charge < -0.3 is 10.3 Å². The second-order valence-corrected chi connectivity index (χ2v) is 5.93. The number of aromatic nitrogens is 2. The summed E-state index contributed by atoms with van der Waals surface area (Å²) in [7, 11) is 0. The van der Waals surface area contributed by atoms with Crippen LogP contribution >= 0.6 is 11.8 Å². The van der Waals surface area contributed by atoms with Crippen LogP contribution in [-0.2, 0) is 4.79 Å². The number of carbonyl (C=O) groups is 1. The molecule has 0 aliphatic heterocycles. The first-order chi connectivity index (χ1) is 10.6. The number of H-pyrrole nitrogens is 1. The van der Waals surface area contributed by atoms with Crippen LogP contribution in [0.4, 0.5) is 0 Å². The van der Waals surface area contributed by atoms with E-state index in [9.17, 15) is 9.59 Å². The van der Waals surface area contributed by atoms with Crippen molar-refractivity contribution in [1.82, 2.24) is 15.3 Å². The van der Waals surface area contributed by atoms with Crippen LogP contribution in [0, 0.1) is 6.92 Å². The van der Waals surface area contributed by atoms with Crippen molar-refractivity contribution in [3.05, 3.63) is 58.0 Å². The summed E-state index contributed by atoms with van der Waals surface area (Å²) in [5.41, 5.74) is 2.07. The van der Waals surface area contributed by atoms with Gasteiger partial charge in [0.1, 0.15) is 0 Å². The highest BCUT2D eigenvalue weighted by atomic mass is 32.2. The standard InChI is InChI=1S/C16H19N3O2S/c1-3-13(12-6-4-11(2)5-7-12)18-15(21)10-22-16-17-9-8-14(20)19-16/h4-9,13H,3,10H2,1-2H3,(H,18,21)(H,17,19,20)/t13-/m1/s1. The zero-order valence-corrected chi connectivity index (χ0v) is 13.4. The molecule has 0 unspecified atom stereocenters. The smallest absolute Gasteiger partial charge is 0.251 e. The molecule has 6 heteroatoms. The van der Waals surface area contributed by atoms with E-state index in [0.717, 1.165) is 12.0 Å². The van der Waals surface area contributed by atoms with Crippen molar-refractivity contribution in [2.24, 2.45) is 0 Å². The maximum atomic E-state index is 12.1. The van der Waals surface area contributed by atoms with Gasteiger partial charge in [-0.1, -0.05) is 48.5 Å². The molecule has 0 bridgehead atoms. The zero-order valence-electron chi connectivity index (χ0n) is 12.6. The largest absolute Gasteiger partial charge is 0.349 e. The Labute approximate surface area is 133 Å². The van der Waals surface area contributed by atoms with Crippen LogP contribution in [-0.4, -0.2) is 21.6 Å². The van der Waals surface area contributed by atoms with Crippen molar-refractivity contribution < 1.29 is 4.79 Å². The maximum absolute atomic E-state index is 12.1. The number of aromatic amines is 1. The van der Waals surface area contributed by atoms with E-state index in [1.54, 1.807) is 0 Å². The molecule has 0 spiro atoms. The van der Waals surface area contributed by atoms with Crippen LogP contribution in [0.25, 0.3) is 0 Å². The third-order valence-electron chi connectivity index (χ3n) is 3.21. The number of hydrogen-bond acceptors (Lipinski definition) is 4. The highest BCUT2D eigenvalue weighted by Crippen LogP contribution is 2.18. The Balaban J connectivity index is 1.92. The molecule has 1 aromatic heterocycles. The van der Waals surface area contributed by atoms with Gasteiger partial charge >= 0.3 is 0 Å². The Hall–Kier alpha value is -2.08. The number of benzene rings is 1. The number of nitrogens with zero attached hydrogens (tertiary/aromatic N) is 1. The second kappa shape index (κ2) is 7.79. The summed E-state index contributed by atoms with van der Waals surface area (Å²) in [6, 6.07) is 9.49. The minimum absolute atomic E-state index is 0.00326. The molecular formula is C16H19N3O2S. The Bertz CT molecular complexity index is 682. The summed E-state index contributed by atoms with van der Waals surface area (Å²) in [6.45, 7) is 4.07. The van der Waals surface area contributed by atoms with Crippen molar-refractivity contribution in [2.45, 2.75) is 31.5 Å². The summed E-state index contributed by atoms with van der Waals surface area (Å²) in [4.78, 5) is 29.8. The molecule has 2 aromatic rings. The van der Waals surface area contributed by atoms with Crippen LogP contribution < -0.4 is 10.9 Å². The topological polar surface area (TPSA) is 74.8 Å². The molecule has 116 valence electrons. The van der Waals surface area contributed by atoms with Crippen molar-refractivity contribution >= 4 is 17.7 Å². The summed E-state index contributed by atoms with van der Waals surface area (Å²) < 4.78 is 0.